The Labute approximate surface area is 143 Å². The fourth-order valence-electron chi connectivity index (χ4n) is 3.54. The number of carbonyl (C=O) groups is 2. The minimum Gasteiger partial charge on any atom is -0.465 e. The number of esters is 1. The summed E-state index contributed by atoms with van der Waals surface area (Å²) in [5, 5.41) is 9.29. The van der Waals surface area contributed by atoms with Crippen LogP contribution in [-0.2, 0) is 11.2 Å². The van der Waals surface area contributed by atoms with Crippen molar-refractivity contribution in [2.75, 3.05) is 31.7 Å². The molecule has 0 radical (unpaired) electrons. The number of nitrogens with zero attached hydrogens (tertiary/aromatic N) is 1. The second kappa shape index (κ2) is 6.61. The minimum absolute atomic E-state index is 0.0718. The molecule has 0 bridgehead atoms. The number of methoxy groups -OCH3 is 1. The number of ketones is 1. The maximum atomic E-state index is 12.4. The molecule has 1 heterocycles. The first kappa shape index (κ1) is 16.5. The number of aliphatic hydroxyl groups excluding tert-OH is 1. The highest BCUT2D eigenvalue weighted by Gasteiger charge is 2.32. The van der Waals surface area contributed by atoms with Gasteiger partial charge >= 0.3 is 5.97 Å². The van der Waals surface area contributed by atoms with Crippen molar-refractivity contribution >= 4 is 33.4 Å². The van der Waals surface area contributed by atoms with E-state index in [9.17, 15) is 14.7 Å². The van der Waals surface area contributed by atoms with Gasteiger partial charge in [0.15, 0.2) is 5.78 Å². The zero-order valence-corrected chi connectivity index (χ0v) is 14.7. The summed E-state index contributed by atoms with van der Waals surface area (Å²) in [7, 11) is 1.37. The van der Waals surface area contributed by atoms with Crippen molar-refractivity contribution in [2.24, 2.45) is 5.92 Å². The number of hydrogen-bond acceptors (Lipinski definition) is 5. The minimum atomic E-state index is -0.386. The second-order valence-corrected chi connectivity index (χ2v) is 6.99. The first-order valence-electron chi connectivity index (χ1n) is 7.89. The number of piperidine rings is 1. The Morgan fingerprint density at radius 3 is 2.70 bits per heavy atom. The SMILES string of the molecule is COC(=O)c1c(N2CCC(CO)CC2)cc(Br)c2c1CCC2=O. The number of aliphatic hydroxyl groups is 1. The summed E-state index contributed by atoms with van der Waals surface area (Å²) in [4.78, 5) is 26.6. The monoisotopic (exact) mass is 381 g/mol. The maximum Gasteiger partial charge on any atom is 0.340 e. The highest BCUT2D eigenvalue weighted by molar-refractivity contribution is 9.10. The molecule has 23 heavy (non-hydrogen) atoms. The first-order chi connectivity index (χ1) is 11.1. The van der Waals surface area contributed by atoms with Gasteiger partial charge in [0.05, 0.1) is 18.4 Å². The van der Waals surface area contributed by atoms with Crippen molar-refractivity contribution in [3.8, 4) is 0 Å². The molecule has 0 unspecified atom stereocenters. The molecule has 5 nitrogen and oxygen atoms in total. The highest BCUT2D eigenvalue weighted by Crippen LogP contribution is 2.39. The summed E-state index contributed by atoms with van der Waals surface area (Å²) >= 11 is 3.50. The molecule has 0 aromatic heterocycles. The molecular weight excluding hydrogens is 362 g/mol. The lowest BCUT2D eigenvalue weighted by Gasteiger charge is -2.34. The van der Waals surface area contributed by atoms with Crippen molar-refractivity contribution < 1.29 is 19.4 Å². The Bertz CT molecular complexity index is 650. The van der Waals surface area contributed by atoms with Crippen LogP contribution in [0.3, 0.4) is 0 Å². The van der Waals surface area contributed by atoms with E-state index in [1.165, 1.54) is 7.11 Å². The average molecular weight is 382 g/mol. The molecular formula is C17H20BrNO4. The Balaban J connectivity index is 2.05. The summed E-state index contributed by atoms with van der Waals surface area (Å²) in [5.74, 6) is 0.0116. The van der Waals surface area contributed by atoms with E-state index in [0.717, 1.165) is 41.7 Å². The normalized spacial score (nSPS) is 18.2. The van der Waals surface area contributed by atoms with E-state index < -0.39 is 0 Å². The van der Waals surface area contributed by atoms with Crippen LogP contribution in [0, 0.1) is 5.92 Å². The van der Waals surface area contributed by atoms with E-state index in [-0.39, 0.29) is 18.4 Å². The summed E-state index contributed by atoms with van der Waals surface area (Å²) in [6.07, 6.45) is 2.81. The number of ether oxygens (including phenoxy) is 1. The Morgan fingerprint density at radius 2 is 2.09 bits per heavy atom. The molecule has 1 saturated heterocycles. The average Bonchev–Trinajstić information content (AvgIpc) is 2.96. The second-order valence-electron chi connectivity index (χ2n) is 6.13. The van der Waals surface area contributed by atoms with Crippen LogP contribution >= 0.6 is 15.9 Å². The van der Waals surface area contributed by atoms with E-state index in [1.807, 2.05) is 6.07 Å². The lowest BCUT2D eigenvalue weighted by Crippen LogP contribution is -2.36. The molecule has 1 aromatic carbocycles. The number of anilines is 1. The molecule has 1 fully saturated rings. The van der Waals surface area contributed by atoms with Gasteiger partial charge in [-0.05, 0) is 52.7 Å². The van der Waals surface area contributed by atoms with Crippen LogP contribution in [0.4, 0.5) is 5.69 Å². The standard InChI is InChI=1S/C17H20BrNO4/c1-23-17(22)16-11-2-3-14(21)15(11)12(18)8-13(16)19-6-4-10(9-20)5-7-19/h8,10,20H,2-7,9H2,1H3. The van der Waals surface area contributed by atoms with Gasteiger partial charge < -0.3 is 14.7 Å². The number of fused-ring (bicyclic) bond motifs is 1. The molecule has 6 heteroatoms. The van der Waals surface area contributed by atoms with Crippen molar-refractivity contribution in [3.63, 3.8) is 0 Å². The molecule has 1 N–H and O–H groups in total. The summed E-state index contributed by atoms with van der Waals surface area (Å²) in [5.41, 5.74) is 2.78. The number of hydrogen-bond donors (Lipinski definition) is 1. The predicted octanol–water partition coefficient (Wildman–Crippen LogP) is 2.57. The number of benzene rings is 1. The molecule has 0 amide bonds. The van der Waals surface area contributed by atoms with Gasteiger partial charge in [0.25, 0.3) is 0 Å². The molecule has 2 aliphatic rings. The van der Waals surface area contributed by atoms with Crippen molar-refractivity contribution in [3.05, 3.63) is 27.2 Å². The zero-order valence-electron chi connectivity index (χ0n) is 13.1. The van der Waals surface area contributed by atoms with Crippen molar-refractivity contribution in [1.29, 1.82) is 0 Å². The largest absolute Gasteiger partial charge is 0.465 e. The van der Waals surface area contributed by atoms with E-state index in [2.05, 4.69) is 20.8 Å². The van der Waals surface area contributed by atoms with Crippen LogP contribution in [0.25, 0.3) is 0 Å². The lowest BCUT2D eigenvalue weighted by atomic mass is 9.95. The Hall–Kier alpha value is -1.40. The fourth-order valence-corrected chi connectivity index (χ4v) is 4.22. The van der Waals surface area contributed by atoms with E-state index in [1.54, 1.807) is 0 Å². The smallest absolute Gasteiger partial charge is 0.340 e. The van der Waals surface area contributed by atoms with Gasteiger partial charge in [-0.2, -0.15) is 0 Å². The molecule has 1 aliphatic heterocycles. The fraction of sp³-hybridized carbons (Fsp3) is 0.529. The third kappa shape index (κ3) is 2.90. The molecule has 1 aliphatic carbocycles. The first-order valence-corrected chi connectivity index (χ1v) is 8.68. The van der Waals surface area contributed by atoms with Gasteiger partial charge in [-0.25, -0.2) is 4.79 Å². The molecule has 1 aromatic rings. The summed E-state index contributed by atoms with van der Waals surface area (Å²) in [6, 6.07) is 1.87. The number of rotatable bonds is 3. The van der Waals surface area contributed by atoms with Gasteiger partial charge in [-0.1, -0.05) is 0 Å². The van der Waals surface area contributed by atoms with Gasteiger partial charge in [0.2, 0.25) is 0 Å². The maximum absolute atomic E-state index is 12.4. The Kier molecular flexibility index (Phi) is 4.73. The quantitative estimate of drug-likeness (QED) is 0.814. The van der Waals surface area contributed by atoms with Crippen LogP contribution in [0.5, 0.6) is 0 Å². The highest BCUT2D eigenvalue weighted by atomic mass is 79.9. The van der Waals surface area contributed by atoms with Crippen LogP contribution in [0.1, 0.15) is 45.5 Å². The number of carbonyl (C=O) groups excluding carboxylic acids is 2. The third-order valence-corrected chi connectivity index (χ3v) is 5.47. The van der Waals surface area contributed by atoms with E-state index in [0.29, 0.717) is 29.9 Å². The summed E-state index contributed by atoms with van der Waals surface area (Å²) in [6.45, 7) is 1.78. The van der Waals surface area contributed by atoms with Crippen LogP contribution in [0.15, 0.2) is 10.5 Å². The number of Topliss-reactive ketones (excluding diaryl/α,β-unsaturated/α-hetero) is 1. The van der Waals surface area contributed by atoms with Crippen molar-refractivity contribution in [1.82, 2.24) is 0 Å². The third-order valence-electron chi connectivity index (χ3n) is 4.85. The van der Waals surface area contributed by atoms with Crippen LogP contribution < -0.4 is 4.90 Å². The van der Waals surface area contributed by atoms with Gasteiger partial charge in [0, 0.05) is 36.2 Å². The van der Waals surface area contributed by atoms with E-state index >= 15 is 0 Å². The van der Waals surface area contributed by atoms with Crippen LogP contribution in [-0.4, -0.2) is 43.7 Å². The molecule has 0 atom stereocenters. The topological polar surface area (TPSA) is 66.8 Å². The molecule has 0 saturated carbocycles. The van der Waals surface area contributed by atoms with E-state index in [4.69, 9.17) is 4.74 Å². The predicted molar refractivity (Wildman–Crippen MR) is 90.2 cm³/mol. The van der Waals surface area contributed by atoms with Gasteiger partial charge in [-0.3, -0.25) is 4.79 Å². The van der Waals surface area contributed by atoms with Crippen LogP contribution in [0.2, 0.25) is 0 Å². The van der Waals surface area contributed by atoms with Crippen molar-refractivity contribution in [2.45, 2.75) is 25.7 Å². The van der Waals surface area contributed by atoms with Gasteiger partial charge in [0.1, 0.15) is 0 Å². The Morgan fingerprint density at radius 1 is 1.39 bits per heavy atom. The molecule has 3 rings (SSSR count). The molecule has 124 valence electrons. The summed E-state index contributed by atoms with van der Waals surface area (Å²) < 4.78 is 5.73. The van der Waals surface area contributed by atoms with Gasteiger partial charge in [-0.15, -0.1) is 0 Å². The number of halogens is 1. The molecule has 0 spiro atoms. The zero-order chi connectivity index (χ0) is 16.6. The lowest BCUT2D eigenvalue weighted by molar-refractivity contribution is 0.0600.